The van der Waals surface area contributed by atoms with Gasteiger partial charge < -0.3 is 15.0 Å². The molecule has 1 N–H and O–H groups in total. The van der Waals surface area contributed by atoms with E-state index >= 15 is 0 Å². The first-order valence-electron chi connectivity index (χ1n) is 8.28. The van der Waals surface area contributed by atoms with E-state index in [9.17, 15) is 9.59 Å². The topological polar surface area (TPSA) is 71.5 Å². The molecule has 1 atom stereocenters. The maximum atomic E-state index is 12.4. The predicted octanol–water partition coefficient (Wildman–Crippen LogP) is 1.66. The molecule has 130 valence electrons. The maximum Gasteiger partial charge on any atom is 0.272 e. The first-order chi connectivity index (χ1) is 12.2. The van der Waals surface area contributed by atoms with Crippen molar-refractivity contribution in [3.63, 3.8) is 0 Å². The number of amides is 2. The van der Waals surface area contributed by atoms with E-state index in [2.05, 4.69) is 10.3 Å². The second-order valence-electron chi connectivity index (χ2n) is 6.04. The smallest absolute Gasteiger partial charge is 0.272 e. The van der Waals surface area contributed by atoms with Crippen LogP contribution in [0, 0.1) is 0 Å². The van der Waals surface area contributed by atoms with Crippen LogP contribution in [0.15, 0.2) is 48.7 Å². The Kier molecular flexibility index (Phi) is 5.28. The molecule has 6 nitrogen and oxygen atoms in total. The lowest BCUT2D eigenvalue weighted by atomic mass is 10.1. The number of carbonyl (C=O) groups excluding carboxylic acids is 2. The van der Waals surface area contributed by atoms with Crippen molar-refractivity contribution in [2.24, 2.45) is 0 Å². The molecular weight excluding hydrogens is 318 g/mol. The van der Waals surface area contributed by atoms with Crippen molar-refractivity contribution < 1.29 is 14.3 Å². The first kappa shape index (κ1) is 17.0. The van der Waals surface area contributed by atoms with Crippen molar-refractivity contribution in [1.29, 1.82) is 0 Å². The van der Waals surface area contributed by atoms with E-state index in [0.29, 0.717) is 25.2 Å². The zero-order valence-corrected chi connectivity index (χ0v) is 14.1. The second kappa shape index (κ2) is 7.79. The SMILES string of the molecule is COc1ccc(CC(=O)N[C@H]2CCN(C(=O)c3ccccn3)C2)cc1. The van der Waals surface area contributed by atoms with Crippen LogP contribution in [0.4, 0.5) is 0 Å². The van der Waals surface area contributed by atoms with Crippen LogP contribution in [0.25, 0.3) is 0 Å². The van der Waals surface area contributed by atoms with Gasteiger partial charge in [0.1, 0.15) is 11.4 Å². The summed E-state index contributed by atoms with van der Waals surface area (Å²) in [4.78, 5) is 30.4. The molecule has 0 spiro atoms. The number of rotatable bonds is 5. The highest BCUT2D eigenvalue weighted by Gasteiger charge is 2.28. The Morgan fingerprint density at radius 3 is 2.72 bits per heavy atom. The van der Waals surface area contributed by atoms with Crippen LogP contribution in [0.1, 0.15) is 22.5 Å². The van der Waals surface area contributed by atoms with E-state index < -0.39 is 0 Å². The minimum absolute atomic E-state index is 0.0154. The van der Waals surface area contributed by atoms with Gasteiger partial charge in [-0.2, -0.15) is 0 Å². The highest BCUT2D eigenvalue weighted by Crippen LogP contribution is 2.14. The average molecular weight is 339 g/mol. The molecule has 2 amide bonds. The summed E-state index contributed by atoms with van der Waals surface area (Å²) in [5.74, 6) is 0.637. The number of pyridine rings is 1. The van der Waals surface area contributed by atoms with Gasteiger partial charge in [0.05, 0.1) is 13.5 Å². The van der Waals surface area contributed by atoms with E-state index in [1.54, 1.807) is 36.4 Å². The number of likely N-dealkylation sites (tertiary alicyclic amines) is 1. The second-order valence-corrected chi connectivity index (χ2v) is 6.04. The van der Waals surface area contributed by atoms with E-state index in [4.69, 9.17) is 4.74 Å². The summed E-state index contributed by atoms with van der Waals surface area (Å²) in [7, 11) is 1.61. The zero-order valence-electron chi connectivity index (χ0n) is 14.1. The Labute approximate surface area is 146 Å². The van der Waals surface area contributed by atoms with Crippen LogP contribution in [0.2, 0.25) is 0 Å². The normalized spacial score (nSPS) is 16.5. The van der Waals surface area contributed by atoms with Gasteiger partial charge in [-0.15, -0.1) is 0 Å². The van der Waals surface area contributed by atoms with Crippen LogP contribution in [0.3, 0.4) is 0 Å². The van der Waals surface area contributed by atoms with Gasteiger partial charge in [0.25, 0.3) is 5.91 Å². The van der Waals surface area contributed by atoms with Crippen molar-refractivity contribution in [2.75, 3.05) is 20.2 Å². The van der Waals surface area contributed by atoms with Gasteiger partial charge in [-0.25, -0.2) is 0 Å². The highest BCUT2D eigenvalue weighted by molar-refractivity contribution is 5.92. The number of hydrogen-bond acceptors (Lipinski definition) is 4. The van der Waals surface area contributed by atoms with Crippen LogP contribution in [-0.4, -0.2) is 47.9 Å². The summed E-state index contributed by atoms with van der Waals surface area (Å²) in [6, 6.07) is 12.7. The minimum Gasteiger partial charge on any atom is -0.497 e. The van der Waals surface area contributed by atoms with Gasteiger partial charge in [-0.3, -0.25) is 14.6 Å². The van der Waals surface area contributed by atoms with Crippen molar-refractivity contribution >= 4 is 11.8 Å². The fourth-order valence-electron chi connectivity index (χ4n) is 2.92. The molecule has 2 aromatic rings. The van der Waals surface area contributed by atoms with Gasteiger partial charge in [0.2, 0.25) is 5.91 Å². The van der Waals surface area contributed by atoms with E-state index in [1.165, 1.54) is 0 Å². The standard InChI is InChI=1S/C19H21N3O3/c1-25-16-7-5-14(6-8-16)12-18(23)21-15-9-11-22(13-15)19(24)17-4-2-3-10-20-17/h2-8,10,15H,9,11-13H2,1H3,(H,21,23)/t15-/m0/s1. The summed E-state index contributed by atoms with van der Waals surface area (Å²) in [5.41, 5.74) is 1.37. The number of aromatic nitrogens is 1. The molecule has 1 aromatic carbocycles. The lowest BCUT2D eigenvalue weighted by Crippen LogP contribution is -2.39. The number of nitrogens with one attached hydrogen (secondary N) is 1. The first-order valence-corrected chi connectivity index (χ1v) is 8.28. The quantitative estimate of drug-likeness (QED) is 0.899. The number of methoxy groups -OCH3 is 1. The number of nitrogens with zero attached hydrogens (tertiary/aromatic N) is 2. The Morgan fingerprint density at radius 1 is 1.24 bits per heavy atom. The van der Waals surface area contributed by atoms with Gasteiger partial charge in [0.15, 0.2) is 0 Å². The van der Waals surface area contributed by atoms with Crippen molar-refractivity contribution in [1.82, 2.24) is 15.2 Å². The van der Waals surface area contributed by atoms with E-state index in [0.717, 1.165) is 17.7 Å². The molecule has 0 saturated carbocycles. The molecule has 6 heteroatoms. The van der Waals surface area contributed by atoms with E-state index in [-0.39, 0.29) is 17.9 Å². The molecule has 0 aliphatic carbocycles. The van der Waals surface area contributed by atoms with Crippen molar-refractivity contribution in [3.05, 3.63) is 59.9 Å². The van der Waals surface area contributed by atoms with E-state index in [1.807, 2.05) is 24.3 Å². The number of carbonyl (C=O) groups is 2. The Bertz CT molecular complexity index is 731. The van der Waals surface area contributed by atoms with Gasteiger partial charge >= 0.3 is 0 Å². The third-order valence-corrected chi connectivity index (χ3v) is 4.25. The van der Waals surface area contributed by atoms with Gasteiger partial charge in [0, 0.05) is 25.3 Å². The molecule has 1 aromatic heterocycles. The predicted molar refractivity (Wildman–Crippen MR) is 93.4 cm³/mol. The van der Waals surface area contributed by atoms with Crippen LogP contribution in [0.5, 0.6) is 5.75 Å². The summed E-state index contributed by atoms with van der Waals surface area (Å²) in [5, 5.41) is 3.01. The molecule has 0 unspecified atom stereocenters. The van der Waals surface area contributed by atoms with Crippen LogP contribution in [-0.2, 0) is 11.2 Å². The monoisotopic (exact) mass is 339 g/mol. The average Bonchev–Trinajstić information content (AvgIpc) is 3.10. The largest absolute Gasteiger partial charge is 0.497 e. The van der Waals surface area contributed by atoms with Crippen LogP contribution < -0.4 is 10.1 Å². The third-order valence-electron chi connectivity index (χ3n) is 4.25. The molecule has 2 heterocycles. The minimum atomic E-state index is -0.0903. The highest BCUT2D eigenvalue weighted by atomic mass is 16.5. The Morgan fingerprint density at radius 2 is 2.04 bits per heavy atom. The van der Waals surface area contributed by atoms with Crippen molar-refractivity contribution in [3.8, 4) is 5.75 Å². The fourth-order valence-corrected chi connectivity index (χ4v) is 2.92. The molecule has 25 heavy (non-hydrogen) atoms. The summed E-state index contributed by atoms with van der Waals surface area (Å²) in [6.45, 7) is 1.15. The molecule has 1 aliphatic rings. The molecule has 1 fully saturated rings. The molecule has 0 radical (unpaired) electrons. The molecule has 1 aliphatic heterocycles. The van der Waals surface area contributed by atoms with Crippen LogP contribution >= 0.6 is 0 Å². The number of hydrogen-bond donors (Lipinski definition) is 1. The molecule has 3 rings (SSSR count). The summed E-state index contributed by atoms with van der Waals surface area (Å²) in [6.07, 6.45) is 2.68. The van der Waals surface area contributed by atoms with Crippen molar-refractivity contribution in [2.45, 2.75) is 18.9 Å². The van der Waals surface area contributed by atoms with Gasteiger partial charge in [-0.1, -0.05) is 18.2 Å². The lowest BCUT2D eigenvalue weighted by Gasteiger charge is -2.16. The third kappa shape index (κ3) is 4.35. The Balaban J connectivity index is 1.50. The fraction of sp³-hybridized carbons (Fsp3) is 0.316. The lowest BCUT2D eigenvalue weighted by molar-refractivity contribution is -0.121. The molecular formula is C19H21N3O3. The maximum absolute atomic E-state index is 12.4. The molecule has 1 saturated heterocycles. The summed E-state index contributed by atoms with van der Waals surface area (Å²) >= 11 is 0. The zero-order chi connectivity index (χ0) is 17.6. The summed E-state index contributed by atoms with van der Waals surface area (Å²) < 4.78 is 5.11. The Hall–Kier alpha value is -2.89. The number of benzene rings is 1. The molecule has 0 bridgehead atoms. The number of ether oxygens (including phenoxy) is 1. The van der Waals surface area contributed by atoms with Gasteiger partial charge in [-0.05, 0) is 36.2 Å².